The minimum absolute atomic E-state index is 0.250. The standard InChI is InChI=1S/C27H24ClN3O2/c1-18-22(28)10-7-11-23(18)29-25-24(19-8-3-2-4-9-19)26(32)31(27(25)33)21-14-12-20(13-15-21)30-16-5-6-17-30/h2-4,7-15,29H,5-6,16-17H2,1H3. The molecule has 0 spiro atoms. The Kier molecular flexibility index (Phi) is 5.65. The molecule has 0 atom stereocenters. The molecule has 33 heavy (non-hydrogen) atoms. The largest absolute Gasteiger partial charge is 0.372 e. The van der Waals surface area contributed by atoms with Gasteiger partial charge in [-0.2, -0.15) is 0 Å². The fraction of sp³-hybridized carbons (Fsp3) is 0.185. The van der Waals surface area contributed by atoms with Crippen molar-refractivity contribution in [2.24, 2.45) is 0 Å². The van der Waals surface area contributed by atoms with Gasteiger partial charge < -0.3 is 10.2 Å². The van der Waals surface area contributed by atoms with E-state index < -0.39 is 0 Å². The van der Waals surface area contributed by atoms with E-state index in [1.807, 2.05) is 73.7 Å². The maximum absolute atomic E-state index is 13.6. The molecule has 0 saturated carbocycles. The number of anilines is 3. The zero-order chi connectivity index (χ0) is 22.9. The summed E-state index contributed by atoms with van der Waals surface area (Å²) in [5.41, 5.74) is 4.46. The fourth-order valence-electron chi connectivity index (χ4n) is 4.42. The number of imide groups is 1. The number of benzene rings is 3. The molecule has 1 saturated heterocycles. The molecule has 6 heteroatoms. The van der Waals surface area contributed by atoms with E-state index >= 15 is 0 Å². The Morgan fingerprint density at radius 3 is 2.15 bits per heavy atom. The van der Waals surface area contributed by atoms with E-state index in [-0.39, 0.29) is 17.5 Å². The summed E-state index contributed by atoms with van der Waals surface area (Å²) in [5.74, 6) is -0.727. The fourth-order valence-corrected chi connectivity index (χ4v) is 4.59. The monoisotopic (exact) mass is 457 g/mol. The summed E-state index contributed by atoms with van der Waals surface area (Å²) in [5, 5.41) is 3.80. The molecule has 2 amide bonds. The predicted octanol–water partition coefficient (Wildman–Crippen LogP) is 5.65. The van der Waals surface area contributed by atoms with Gasteiger partial charge >= 0.3 is 0 Å². The zero-order valence-electron chi connectivity index (χ0n) is 18.3. The normalized spacial score (nSPS) is 16.2. The summed E-state index contributed by atoms with van der Waals surface area (Å²) >= 11 is 6.29. The van der Waals surface area contributed by atoms with Gasteiger partial charge in [0.15, 0.2) is 0 Å². The first-order valence-electron chi connectivity index (χ1n) is 11.1. The zero-order valence-corrected chi connectivity index (χ0v) is 19.1. The first-order valence-corrected chi connectivity index (χ1v) is 11.5. The second-order valence-electron chi connectivity index (χ2n) is 8.31. The smallest absolute Gasteiger partial charge is 0.282 e. The number of hydrogen-bond acceptors (Lipinski definition) is 4. The maximum atomic E-state index is 13.6. The molecule has 2 heterocycles. The minimum atomic E-state index is -0.382. The SMILES string of the molecule is Cc1c(Cl)cccc1NC1=C(c2ccccc2)C(=O)N(c2ccc(N3CCCC3)cc2)C1=O. The summed E-state index contributed by atoms with van der Waals surface area (Å²) in [6.45, 7) is 3.95. The molecular formula is C27H24ClN3O2. The Bertz CT molecular complexity index is 1250. The molecular weight excluding hydrogens is 434 g/mol. The third-order valence-corrected chi connectivity index (χ3v) is 6.66. The van der Waals surface area contributed by atoms with Crippen molar-refractivity contribution >= 4 is 46.1 Å². The Labute approximate surface area is 198 Å². The molecule has 5 nitrogen and oxygen atoms in total. The molecule has 5 rings (SSSR count). The summed E-state index contributed by atoms with van der Waals surface area (Å²) in [7, 11) is 0. The molecule has 1 N–H and O–H groups in total. The first-order chi connectivity index (χ1) is 16.0. The predicted molar refractivity (Wildman–Crippen MR) is 134 cm³/mol. The van der Waals surface area contributed by atoms with Crippen LogP contribution in [-0.4, -0.2) is 24.9 Å². The van der Waals surface area contributed by atoms with Crippen molar-refractivity contribution in [3.8, 4) is 0 Å². The molecule has 166 valence electrons. The number of nitrogens with zero attached hydrogens (tertiary/aromatic N) is 2. The second kappa shape index (κ2) is 8.75. The van der Waals surface area contributed by atoms with Crippen LogP contribution in [0.1, 0.15) is 24.0 Å². The third kappa shape index (κ3) is 3.89. The third-order valence-electron chi connectivity index (χ3n) is 6.25. The Balaban J connectivity index is 1.53. The number of nitrogens with one attached hydrogen (secondary N) is 1. The van der Waals surface area contributed by atoms with Crippen LogP contribution < -0.4 is 15.1 Å². The van der Waals surface area contributed by atoms with Crippen LogP contribution in [0.3, 0.4) is 0 Å². The molecule has 3 aromatic rings. The average molecular weight is 458 g/mol. The highest BCUT2D eigenvalue weighted by molar-refractivity contribution is 6.46. The van der Waals surface area contributed by atoms with Crippen molar-refractivity contribution in [3.05, 3.63) is 94.6 Å². The van der Waals surface area contributed by atoms with Gasteiger partial charge in [-0.15, -0.1) is 0 Å². The molecule has 0 bridgehead atoms. The lowest BCUT2D eigenvalue weighted by Crippen LogP contribution is -2.32. The Hall–Kier alpha value is -3.57. The first kappa shape index (κ1) is 21.3. The van der Waals surface area contributed by atoms with Crippen LogP contribution >= 0.6 is 11.6 Å². The van der Waals surface area contributed by atoms with Crippen molar-refractivity contribution in [3.63, 3.8) is 0 Å². The van der Waals surface area contributed by atoms with Gasteiger partial charge in [0.2, 0.25) is 0 Å². The molecule has 1 fully saturated rings. The van der Waals surface area contributed by atoms with Crippen LogP contribution in [0.4, 0.5) is 17.1 Å². The Morgan fingerprint density at radius 2 is 1.45 bits per heavy atom. The van der Waals surface area contributed by atoms with Gasteiger partial charge in [-0.3, -0.25) is 9.59 Å². The highest BCUT2D eigenvalue weighted by Crippen LogP contribution is 2.35. The van der Waals surface area contributed by atoms with Crippen LogP contribution in [-0.2, 0) is 9.59 Å². The summed E-state index contributed by atoms with van der Waals surface area (Å²) < 4.78 is 0. The molecule has 0 aliphatic carbocycles. The van der Waals surface area contributed by atoms with Crippen molar-refractivity contribution in [1.29, 1.82) is 0 Å². The lowest BCUT2D eigenvalue weighted by Gasteiger charge is -2.20. The minimum Gasteiger partial charge on any atom is -0.372 e. The van der Waals surface area contributed by atoms with Crippen molar-refractivity contribution in [2.75, 3.05) is 28.2 Å². The number of carbonyl (C=O) groups excluding carboxylic acids is 2. The lowest BCUT2D eigenvalue weighted by molar-refractivity contribution is -0.120. The number of amides is 2. The van der Waals surface area contributed by atoms with E-state index in [0.29, 0.717) is 27.5 Å². The molecule has 3 aromatic carbocycles. The molecule has 2 aliphatic rings. The van der Waals surface area contributed by atoms with Gasteiger partial charge in [0.1, 0.15) is 5.70 Å². The number of rotatable bonds is 5. The van der Waals surface area contributed by atoms with Crippen LogP contribution in [0.2, 0.25) is 5.02 Å². The summed E-state index contributed by atoms with van der Waals surface area (Å²) in [6, 6.07) is 22.4. The van der Waals surface area contributed by atoms with Crippen molar-refractivity contribution in [2.45, 2.75) is 19.8 Å². The van der Waals surface area contributed by atoms with Crippen LogP contribution in [0.15, 0.2) is 78.5 Å². The van der Waals surface area contributed by atoms with E-state index in [0.717, 1.165) is 24.3 Å². The highest BCUT2D eigenvalue weighted by atomic mass is 35.5. The maximum Gasteiger partial charge on any atom is 0.282 e. The topological polar surface area (TPSA) is 52.7 Å². The van der Waals surface area contributed by atoms with Gasteiger partial charge in [-0.05, 0) is 67.3 Å². The number of halogens is 1. The van der Waals surface area contributed by atoms with Gasteiger partial charge in [-0.25, -0.2) is 4.90 Å². The summed E-state index contributed by atoms with van der Waals surface area (Å²) in [6.07, 6.45) is 2.38. The van der Waals surface area contributed by atoms with E-state index in [9.17, 15) is 9.59 Å². The van der Waals surface area contributed by atoms with Crippen molar-refractivity contribution in [1.82, 2.24) is 0 Å². The van der Waals surface area contributed by atoms with Gasteiger partial charge in [-0.1, -0.05) is 48.0 Å². The van der Waals surface area contributed by atoms with Gasteiger partial charge in [0, 0.05) is 29.5 Å². The van der Waals surface area contributed by atoms with E-state index in [1.165, 1.54) is 17.7 Å². The quantitative estimate of drug-likeness (QED) is 0.503. The van der Waals surface area contributed by atoms with Gasteiger partial charge in [0.25, 0.3) is 11.8 Å². The van der Waals surface area contributed by atoms with Crippen LogP contribution in [0.25, 0.3) is 5.57 Å². The van der Waals surface area contributed by atoms with Crippen LogP contribution in [0.5, 0.6) is 0 Å². The second-order valence-corrected chi connectivity index (χ2v) is 8.72. The van der Waals surface area contributed by atoms with Crippen LogP contribution in [0, 0.1) is 6.92 Å². The highest BCUT2D eigenvalue weighted by Gasteiger charge is 2.40. The van der Waals surface area contributed by atoms with E-state index in [2.05, 4.69) is 10.2 Å². The molecule has 2 aliphatic heterocycles. The molecule has 0 unspecified atom stereocenters. The molecule has 0 aromatic heterocycles. The number of hydrogen-bond donors (Lipinski definition) is 1. The molecule has 0 radical (unpaired) electrons. The summed E-state index contributed by atoms with van der Waals surface area (Å²) in [4.78, 5) is 30.7. The number of carbonyl (C=O) groups is 2. The van der Waals surface area contributed by atoms with Crippen molar-refractivity contribution < 1.29 is 9.59 Å². The average Bonchev–Trinajstić information content (AvgIpc) is 3.45. The lowest BCUT2D eigenvalue weighted by atomic mass is 10.0. The Morgan fingerprint density at radius 1 is 0.788 bits per heavy atom. The van der Waals surface area contributed by atoms with E-state index in [1.54, 1.807) is 6.07 Å². The van der Waals surface area contributed by atoms with Gasteiger partial charge in [0.05, 0.1) is 11.3 Å². The van der Waals surface area contributed by atoms with E-state index in [4.69, 9.17) is 11.6 Å².